The predicted molar refractivity (Wildman–Crippen MR) is 91.1 cm³/mol. The number of amides is 1. The fraction of sp³-hybridized carbons (Fsp3) is 0.579. The minimum absolute atomic E-state index is 0.201. The Balaban J connectivity index is 1.81. The number of carboxylic acid groups (broad SMARTS) is 1. The average molecular weight is 347 g/mol. The SMILES string of the molecule is CCC(CCOc1ccccc1)C1(C(=O)O)CC2CCC1(C(N)=O)O2. The van der Waals surface area contributed by atoms with Crippen LogP contribution in [0.3, 0.4) is 0 Å². The van der Waals surface area contributed by atoms with Crippen LogP contribution in [0.1, 0.15) is 39.0 Å². The van der Waals surface area contributed by atoms with Gasteiger partial charge in [-0.15, -0.1) is 0 Å². The maximum atomic E-state index is 12.3. The lowest BCUT2D eigenvalue weighted by atomic mass is 9.57. The number of rotatable bonds is 8. The van der Waals surface area contributed by atoms with E-state index in [4.69, 9.17) is 15.2 Å². The van der Waals surface area contributed by atoms with E-state index in [2.05, 4.69) is 0 Å². The number of carbonyl (C=O) groups is 2. The molecule has 6 nitrogen and oxygen atoms in total. The first-order valence-electron chi connectivity index (χ1n) is 8.85. The summed E-state index contributed by atoms with van der Waals surface area (Å²) >= 11 is 0. The Hall–Kier alpha value is -2.08. The van der Waals surface area contributed by atoms with Crippen molar-refractivity contribution < 1.29 is 24.2 Å². The number of aliphatic carboxylic acids is 1. The highest BCUT2D eigenvalue weighted by molar-refractivity contribution is 5.93. The molecule has 2 saturated heterocycles. The highest BCUT2D eigenvalue weighted by atomic mass is 16.5. The summed E-state index contributed by atoms with van der Waals surface area (Å²) in [5.74, 6) is -1.14. The van der Waals surface area contributed by atoms with Crippen molar-refractivity contribution in [1.82, 2.24) is 0 Å². The fourth-order valence-electron chi connectivity index (χ4n) is 4.73. The summed E-state index contributed by atoms with van der Waals surface area (Å²) in [7, 11) is 0. The van der Waals surface area contributed by atoms with Crippen LogP contribution in [-0.4, -0.2) is 35.3 Å². The van der Waals surface area contributed by atoms with Crippen LogP contribution in [0.2, 0.25) is 0 Å². The highest BCUT2D eigenvalue weighted by Crippen LogP contribution is 2.60. The van der Waals surface area contributed by atoms with Crippen molar-refractivity contribution in [3.8, 4) is 5.75 Å². The molecule has 2 aliphatic heterocycles. The molecule has 3 N–H and O–H groups in total. The summed E-state index contributed by atoms with van der Waals surface area (Å²) < 4.78 is 11.6. The number of carboxylic acids is 1. The van der Waals surface area contributed by atoms with Crippen molar-refractivity contribution in [2.75, 3.05) is 6.61 Å². The van der Waals surface area contributed by atoms with Gasteiger partial charge in [0.15, 0.2) is 5.60 Å². The maximum absolute atomic E-state index is 12.3. The van der Waals surface area contributed by atoms with Crippen LogP contribution in [-0.2, 0) is 14.3 Å². The summed E-state index contributed by atoms with van der Waals surface area (Å²) in [6, 6.07) is 9.40. The van der Waals surface area contributed by atoms with Crippen molar-refractivity contribution in [1.29, 1.82) is 0 Å². The molecular weight excluding hydrogens is 322 g/mol. The molecule has 0 aliphatic carbocycles. The van der Waals surface area contributed by atoms with Crippen LogP contribution >= 0.6 is 0 Å². The molecule has 136 valence electrons. The Bertz CT molecular complexity index is 648. The molecular formula is C19H25NO5. The van der Waals surface area contributed by atoms with Gasteiger partial charge in [-0.05, 0) is 43.7 Å². The molecule has 25 heavy (non-hydrogen) atoms. The lowest BCUT2D eigenvalue weighted by Crippen LogP contribution is -2.61. The van der Waals surface area contributed by atoms with Crippen molar-refractivity contribution >= 4 is 11.9 Å². The van der Waals surface area contributed by atoms with E-state index in [9.17, 15) is 14.7 Å². The van der Waals surface area contributed by atoms with Crippen LogP contribution in [0.4, 0.5) is 0 Å². The molecule has 0 saturated carbocycles. The molecule has 2 heterocycles. The maximum Gasteiger partial charge on any atom is 0.313 e. The van der Waals surface area contributed by atoms with Crippen LogP contribution in [0.25, 0.3) is 0 Å². The van der Waals surface area contributed by atoms with Gasteiger partial charge in [0.05, 0.1) is 12.7 Å². The first kappa shape index (κ1) is 17.7. The van der Waals surface area contributed by atoms with E-state index in [0.717, 1.165) is 5.75 Å². The summed E-state index contributed by atoms with van der Waals surface area (Å²) in [6.07, 6.45) is 2.37. The second kappa shape index (κ2) is 6.67. The van der Waals surface area contributed by atoms with Crippen molar-refractivity contribution in [2.45, 2.75) is 50.7 Å². The van der Waals surface area contributed by atoms with E-state index in [0.29, 0.717) is 38.7 Å². The third kappa shape index (κ3) is 2.68. The number of para-hydroxylation sites is 1. The van der Waals surface area contributed by atoms with E-state index in [1.807, 2.05) is 37.3 Å². The molecule has 0 aromatic heterocycles. The van der Waals surface area contributed by atoms with Gasteiger partial charge in [0.2, 0.25) is 0 Å². The largest absolute Gasteiger partial charge is 0.494 e. The Kier molecular flexibility index (Phi) is 4.73. The number of fused-ring (bicyclic) bond motifs is 2. The van der Waals surface area contributed by atoms with Crippen molar-refractivity contribution in [2.24, 2.45) is 17.1 Å². The smallest absolute Gasteiger partial charge is 0.313 e. The van der Waals surface area contributed by atoms with Crippen LogP contribution < -0.4 is 10.5 Å². The standard InChI is InChI=1S/C19H25NO5/c1-2-13(9-11-24-14-6-4-3-5-7-14)18(17(22)23)12-15-8-10-19(18,25-15)16(20)21/h3-7,13,15H,2,8-12H2,1H3,(H2,20,21)(H,22,23). The quantitative estimate of drug-likeness (QED) is 0.752. The number of carbonyl (C=O) groups excluding carboxylic acids is 1. The summed E-state index contributed by atoms with van der Waals surface area (Å²) in [6.45, 7) is 2.33. The number of hydrogen-bond acceptors (Lipinski definition) is 4. The molecule has 3 rings (SSSR count). The highest BCUT2D eigenvalue weighted by Gasteiger charge is 2.72. The Morgan fingerprint density at radius 2 is 2.12 bits per heavy atom. The van der Waals surface area contributed by atoms with Crippen LogP contribution in [0.5, 0.6) is 5.75 Å². The van der Waals surface area contributed by atoms with E-state index >= 15 is 0 Å². The van der Waals surface area contributed by atoms with Gasteiger partial charge in [0.25, 0.3) is 5.91 Å². The fourth-order valence-corrected chi connectivity index (χ4v) is 4.73. The first-order valence-corrected chi connectivity index (χ1v) is 8.85. The zero-order chi connectivity index (χ0) is 18.1. The van der Waals surface area contributed by atoms with E-state index in [-0.39, 0.29) is 12.0 Å². The molecule has 4 unspecified atom stereocenters. The van der Waals surface area contributed by atoms with Gasteiger partial charge in [-0.1, -0.05) is 31.5 Å². The van der Waals surface area contributed by atoms with Crippen molar-refractivity contribution in [3.63, 3.8) is 0 Å². The van der Waals surface area contributed by atoms with E-state index < -0.39 is 22.9 Å². The monoisotopic (exact) mass is 347 g/mol. The lowest BCUT2D eigenvalue weighted by Gasteiger charge is -2.44. The number of nitrogens with two attached hydrogens (primary N) is 1. The summed E-state index contributed by atoms with van der Waals surface area (Å²) in [5.41, 5.74) is 2.98. The third-order valence-corrected chi connectivity index (χ3v) is 5.90. The Morgan fingerprint density at radius 1 is 1.40 bits per heavy atom. The second-order valence-electron chi connectivity index (χ2n) is 7.01. The zero-order valence-corrected chi connectivity index (χ0v) is 14.4. The van der Waals surface area contributed by atoms with Gasteiger partial charge in [0.1, 0.15) is 11.2 Å². The Morgan fingerprint density at radius 3 is 2.68 bits per heavy atom. The summed E-state index contributed by atoms with van der Waals surface area (Å²) in [5, 5.41) is 10.1. The average Bonchev–Trinajstić information content (AvgIpc) is 3.18. The lowest BCUT2D eigenvalue weighted by molar-refractivity contribution is -0.175. The van der Waals surface area contributed by atoms with E-state index in [1.54, 1.807) is 0 Å². The van der Waals surface area contributed by atoms with Gasteiger partial charge in [-0.2, -0.15) is 0 Å². The van der Waals surface area contributed by atoms with E-state index in [1.165, 1.54) is 0 Å². The van der Waals surface area contributed by atoms with Gasteiger partial charge < -0.3 is 20.3 Å². The van der Waals surface area contributed by atoms with Crippen LogP contribution in [0, 0.1) is 11.3 Å². The topological polar surface area (TPSA) is 98.9 Å². The second-order valence-corrected chi connectivity index (χ2v) is 7.01. The molecule has 2 aliphatic rings. The minimum Gasteiger partial charge on any atom is -0.494 e. The summed E-state index contributed by atoms with van der Waals surface area (Å²) in [4.78, 5) is 24.5. The third-order valence-electron chi connectivity index (χ3n) is 5.90. The number of primary amides is 1. The minimum atomic E-state index is -1.39. The predicted octanol–water partition coefficient (Wildman–Crippen LogP) is 2.36. The molecule has 1 amide bonds. The number of hydrogen-bond donors (Lipinski definition) is 2. The van der Waals surface area contributed by atoms with Gasteiger partial charge in [0, 0.05) is 0 Å². The molecule has 2 fully saturated rings. The van der Waals surface area contributed by atoms with Gasteiger partial charge in [-0.3, -0.25) is 9.59 Å². The normalized spacial score (nSPS) is 31.6. The molecule has 0 spiro atoms. The van der Waals surface area contributed by atoms with Crippen LogP contribution in [0.15, 0.2) is 30.3 Å². The molecule has 6 heteroatoms. The van der Waals surface area contributed by atoms with Gasteiger partial charge in [-0.25, -0.2) is 0 Å². The number of ether oxygens (including phenoxy) is 2. The number of benzene rings is 1. The molecule has 0 radical (unpaired) electrons. The first-order chi connectivity index (χ1) is 12.0. The molecule has 2 bridgehead atoms. The molecule has 1 aromatic carbocycles. The molecule has 1 aromatic rings. The Labute approximate surface area is 147 Å². The van der Waals surface area contributed by atoms with Crippen molar-refractivity contribution in [3.05, 3.63) is 30.3 Å². The molecule has 4 atom stereocenters. The zero-order valence-electron chi connectivity index (χ0n) is 14.4. The van der Waals surface area contributed by atoms with Gasteiger partial charge >= 0.3 is 5.97 Å².